The molecular formula is C23H28Br2N2O3. The molecule has 2 amide bonds. The maximum Gasteiger partial charge on any atom is 0.261 e. The minimum Gasteiger partial charge on any atom is -0.483 e. The number of hydrogen-bond acceptors (Lipinski definition) is 3. The van der Waals surface area contributed by atoms with E-state index in [1.807, 2.05) is 42.5 Å². The Labute approximate surface area is 195 Å². The molecule has 0 spiro atoms. The van der Waals surface area contributed by atoms with Gasteiger partial charge in [-0.1, -0.05) is 54.9 Å². The van der Waals surface area contributed by atoms with Crippen molar-refractivity contribution >= 4 is 43.7 Å². The van der Waals surface area contributed by atoms with Gasteiger partial charge in [0, 0.05) is 18.1 Å². The van der Waals surface area contributed by atoms with Gasteiger partial charge in [-0.3, -0.25) is 9.59 Å². The molecule has 0 aliphatic carbocycles. The number of ether oxygens (including phenoxy) is 1. The van der Waals surface area contributed by atoms with Gasteiger partial charge in [0.25, 0.3) is 5.91 Å². The fraction of sp³-hybridized carbons (Fsp3) is 0.391. The third-order valence-corrected chi connectivity index (χ3v) is 5.92. The van der Waals surface area contributed by atoms with E-state index in [-0.39, 0.29) is 23.8 Å². The van der Waals surface area contributed by atoms with Crippen molar-refractivity contribution in [3.05, 3.63) is 62.5 Å². The second-order valence-electron chi connectivity index (χ2n) is 8.13. The smallest absolute Gasteiger partial charge is 0.261 e. The molecule has 30 heavy (non-hydrogen) atoms. The molecule has 1 atom stereocenters. The lowest BCUT2D eigenvalue weighted by molar-refractivity contribution is -0.142. The number of likely N-dealkylation sites (N-methyl/N-ethyl adjacent to an activating group) is 1. The molecule has 0 bridgehead atoms. The Balaban J connectivity index is 2.17. The molecule has 0 aromatic heterocycles. The average Bonchev–Trinajstić information content (AvgIpc) is 2.69. The monoisotopic (exact) mass is 538 g/mol. The number of carbonyl (C=O) groups is 2. The molecule has 0 saturated heterocycles. The van der Waals surface area contributed by atoms with E-state index in [1.54, 1.807) is 14.0 Å². The van der Waals surface area contributed by atoms with E-state index in [1.165, 1.54) is 4.90 Å². The van der Waals surface area contributed by atoms with E-state index in [0.29, 0.717) is 12.3 Å². The summed E-state index contributed by atoms with van der Waals surface area (Å²) in [7, 11) is 1.56. The van der Waals surface area contributed by atoms with Crippen molar-refractivity contribution in [3.63, 3.8) is 0 Å². The van der Waals surface area contributed by atoms with Crippen molar-refractivity contribution in [3.8, 4) is 5.75 Å². The molecule has 0 unspecified atom stereocenters. The zero-order chi connectivity index (χ0) is 22.5. The summed E-state index contributed by atoms with van der Waals surface area (Å²) >= 11 is 6.98. The second kappa shape index (κ2) is 10.4. The Bertz CT molecular complexity index is 910. The minimum absolute atomic E-state index is 0.0145. The largest absolute Gasteiger partial charge is 0.483 e. The quantitative estimate of drug-likeness (QED) is 0.535. The molecule has 0 fully saturated rings. The van der Waals surface area contributed by atoms with Gasteiger partial charge in [-0.25, -0.2) is 0 Å². The fourth-order valence-electron chi connectivity index (χ4n) is 2.93. The van der Waals surface area contributed by atoms with Gasteiger partial charge in [0.15, 0.2) is 6.61 Å². The summed E-state index contributed by atoms with van der Waals surface area (Å²) in [6.07, 6.45) is 0. The third-order valence-electron chi connectivity index (χ3n) is 4.80. The SMILES string of the molecule is CNC(=O)[C@H](C)N(Cc1cccc(Br)c1)C(=O)COc1ccc(C(C)(C)C)cc1Br. The summed E-state index contributed by atoms with van der Waals surface area (Å²) in [6.45, 7) is 8.27. The van der Waals surface area contributed by atoms with Crippen LogP contribution < -0.4 is 10.1 Å². The van der Waals surface area contributed by atoms with Crippen LogP contribution in [0.25, 0.3) is 0 Å². The third kappa shape index (κ3) is 6.57. The Morgan fingerprint density at radius 2 is 1.83 bits per heavy atom. The summed E-state index contributed by atoms with van der Waals surface area (Å²) < 4.78 is 7.50. The van der Waals surface area contributed by atoms with Gasteiger partial charge in [0.2, 0.25) is 5.91 Å². The number of rotatable bonds is 7. The molecule has 7 heteroatoms. The Hall–Kier alpha value is -1.86. The van der Waals surface area contributed by atoms with E-state index >= 15 is 0 Å². The number of nitrogens with zero attached hydrogens (tertiary/aromatic N) is 1. The molecule has 0 heterocycles. The van der Waals surface area contributed by atoms with Crippen molar-refractivity contribution in [2.24, 2.45) is 0 Å². The lowest BCUT2D eigenvalue weighted by Crippen LogP contribution is -2.48. The van der Waals surface area contributed by atoms with Crippen molar-refractivity contribution in [1.82, 2.24) is 10.2 Å². The van der Waals surface area contributed by atoms with E-state index < -0.39 is 6.04 Å². The van der Waals surface area contributed by atoms with Crippen LogP contribution in [0, 0.1) is 0 Å². The van der Waals surface area contributed by atoms with Crippen LogP contribution in [0.5, 0.6) is 5.75 Å². The number of benzene rings is 2. The first-order valence-electron chi connectivity index (χ1n) is 9.71. The van der Waals surface area contributed by atoms with E-state index in [0.717, 1.165) is 20.1 Å². The van der Waals surface area contributed by atoms with Crippen LogP contribution in [0.1, 0.15) is 38.8 Å². The summed E-state index contributed by atoms with van der Waals surface area (Å²) in [5.41, 5.74) is 2.10. The summed E-state index contributed by atoms with van der Waals surface area (Å²) in [5.74, 6) is 0.0956. The number of amides is 2. The van der Waals surface area contributed by atoms with E-state index in [4.69, 9.17) is 4.74 Å². The van der Waals surface area contributed by atoms with E-state index in [2.05, 4.69) is 57.9 Å². The van der Waals surface area contributed by atoms with E-state index in [9.17, 15) is 9.59 Å². The lowest BCUT2D eigenvalue weighted by Gasteiger charge is -2.28. The first-order valence-corrected chi connectivity index (χ1v) is 11.3. The number of hydrogen-bond donors (Lipinski definition) is 1. The molecule has 0 aliphatic heterocycles. The van der Waals surface area contributed by atoms with Crippen molar-refractivity contribution in [1.29, 1.82) is 0 Å². The zero-order valence-electron chi connectivity index (χ0n) is 18.0. The van der Waals surface area contributed by atoms with Crippen LogP contribution in [-0.2, 0) is 21.5 Å². The summed E-state index contributed by atoms with van der Waals surface area (Å²) in [5, 5.41) is 2.61. The normalized spacial score (nSPS) is 12.2. The standard InChI is InChI=1S/C23H28Br2N2O3/c1-15(22(29)26-5)27(13-16-7-6-8-18(24)11-16)21(28)14-30-20-10-9-17(12-19(20)25)23(2,3)4/h6-12,15H,13-14H2,1-5H3,(H,26,29)/t15-/m0/s1. The lowest BCUT2D eigenvalue weighted by atomic mass is 9.87. The van der Waals surface area contributed by atoms with Crippen LogP contribution in [0.4, 0.5) is 0 Å². The maximum atomic E-state index is 13.0. The molecule has 0 saturated carbocycles. The fourth-order valence-corrected chi connectivity index (χ4v) is 3.87. The van der Waals surface area contributed by atoms with Crippen molar-refractivity contribution in [2.75, 3.05) is 13.7 Å². The maximum absolute atomic E-state index is 13.0. The molecular weight excluding hydrogens is 512 g/mol. The van der Waals surface area contributed by atoms with Gasteiger partial charge in [0.05, 0.1) is 4.47 Å². The molecule has 2 aromatic carbocycles. The molecule has 162 valence electrons. The highest BCUT2D eigenvalue weighted by Crippen LogP contribution is 2.31. The zero-order valence-corrected chi connectivity index (χ0v) is 21.1. The Kier molecular flexibility index (Phi) is 8.50. The highest BCUT2D eigenvalue weighted by Gasteiger charge is 2.26. The van der Waals surface area contributed by atoms with Gasteiger partial charge >= 0.3 is 0 Å². The van der Waals surface area contributed by atoms with Crippen LogP contribution in [-0.4, -0.2) is 36.4 Å². The first-order chi connectivity index (χ1) is 14.0. The topological polar surface area (TPSA) is 58.6 Å². The second-order valence-corrected chi connectivity index (χ2v) is 9.90. The van der Waals surface area contributed by atoms with Crippen molar-refractivity contribution in [2.45, 2.75) is 45.7 Å². The molecule has 5 nitrogen and oxygen atoms in total. The van der Waals surface area contributed by atoms with Crippen molar-refractivity contribution < 1.29 is 14.3 Å². The van der Waals surface area contributed by atoms with Crippen LogP contribution in [0.15, 0.2) is 51.4 Å². The van der Waals surface area contributed by atoms with Gasteiger partial charge in [-0.2, -0.15) is 0 Å². The van der Waals surface area contributed by atoms with Gasteiger partial charge in [-0.05, 0) is 63.7 Å². The predicted octanol–water partition coefficient (Wildman–Crippen LogP) is 5.05. The number of nitrogens with one attached hydrogen (secondary N) is 1. The Morgan fingerprint density at radius 1 is 1.13 bits per heavy atom. The Morgan fingerprint density at radius 3 is 2.40 bits per heavy atom. The number of carbonyl (C=O) groups excluding carboxylic acids is 2. The van der Waals surface area contributed by atoms with Crippen LogP contribution in [0.3, 0.4) is 0 Å². The van der Waals surface area contributed by atoms with Gasteiger partial charge in [-0.15, -0.1) is 0 Å². The minimum atomic E-state index is -0.628. The highest BCUT2D eigenvalue weighted by atomic mass is 79.9. The molecule has 2 aromatic rings. The molecule has 1 N–H and O–H groups in total. The average molecular weight is 540 g/mol. The molecule has 0 radical (unpaired) electrons. The predicted molar refractivity (Wildman–Crippen MR) is 127 cm³/mol. The van der Waals surface area contributed by atoms with Gasteiger partial charge in [0.1, 0.15) is 11.8 Å². The van der Waals surface area contributed by atoms with Crippen LogP contribution >= 0.6 is 31.9 Å². The van der Waals surface area contributed by atoms with Crippen LogP contribution in [0.2, 0.25) is 0 Å². The molecule has 0 aliphatic rings. The molecule has 2 rings (SSSR count). The summed E-state index contributed by atoms with van der Waals surface area (Å²) in [6, 6.07) is 12.9. The summed E-state index contributed by atoms with van der Waals surface area (Å²) in [4.78, 5) is 26.7. The van der Waals surface area contributed by atoms with Gasteiger partial charge < -0.3 is 15.0 Å². The first kappa shape index (κ1) is 24.4. The number of halogens is 2. The highest BCUT2D eigenvalue weighted by molar-refractivity contribution is 9.10.